The summed E-state index contributed by atoms with van der Waals surface area (Å²) in [4.78, 5) is 0. The van der Waals surface area contributed by atoms with E-state index in [1.165, 1.54) is 0 Å². The molecule has 0 aromatic heterocycles. The summed E-state index contributed by atoms with van der Waals surface area (Å²) in [6, 6.07) is 7.73. The number of nitrogens with zero attached hydrogens (tertiary/aromatic N) is 1. The van der Waals surface area contributed by atoms with Crippen LogP contribution in [0.4, 0.5) is 5.69 Å². The third kappa shape index (κ3) is 3.60. The highest BCUT2D eigenvalue weighted by molar-refractivity contribution is 9.10. The molecule has 1 N–H and O–H groups in total. The van der Waals surface area contributed by atoms with Gasteiger partial charge in [-0.15, -0.1) is 0 Å². The molecule has 0 aliphatic rings. The molecule has 5 heteroatoms. The molecule has 1 aromatic rings. The highest BCUT2D eigenvalue weighted by Gasteiger charge is 2.27. The lowest BCUT2D eigenvalue weighted by Gasteiger charge is -2.27. The van der Waals surface area contributed by atoms with Gasteiger partial charge in [-0.1, -0.05) is 18.5 Å². The Labute approximate surface area is 115 Å². The van der Waals surface area contributed by atoms with Crippen LogP contribution in [0.3, 0.4) is 0 Å². The van der Waals surface area contributed by atoms with Crippen LogP contribution in [-0.2, 0) is 4.74 Å². The number of hydrogen-bond donors (Lipinski definition) is 1. The second kappa shape index (κ2) is 6.25. The van der Waals surface area contributed by atoms with Crippen LogP contribution in [0.1, 0.15) is 13.3 Å². The van der Waals surface area contributed by atoms with Crippen molar-refractivity contribution in [1.82, 2.24) is 0 Å². The molecular weight excluding hydrogens is 304 g/mol. The number of methoxy groups -OCH3 is 1. The zero-order valence-electron chi connectivity index (χ0n) is 9.76. The Morgan fingerprint density at radius 2 is 2.29 bits per heavy atom. The maximum atomic E-state index is 9.26. The second-order valence-corrected chi connectivity index (χ2v) is 5.00. The Morgan fingerprint density at radius 1 is 1.59 bits per heavy atom. The summed E-state index contributed by atoms with van der Waals surface area (Å²) in [5.41, 5.74) is 0.129. The number of halogens is 2. The number of hydrogen-bond acceptors (Lipinski definition) is 3. The third-order valence-corrected chi connectivity index (χ3v) is 3.73. The summed E-state index contributed by atoms with van der Waals surface area (Å²) in [7, 11) is 1.58. The van der Waals surface area contributed by atoms with E-state index in [9.17, 15) is 5.26 Å². The molecule has 1 unspecified atom stereocenters. The Bertz CT molecular complexity index is 433. The van der Waals surface area contributed by atoms with E-state index in [0.29, 0.717) is 18.1 Å². The largest absolute Gasteiger partial charge is 0.381 e. The molecule has 0 radical (unpaired) electrons. The maximum absolute atomic E-state index is 9.26. The fourth-order valence-corrected chi connectivity index (χ4v) is 1.96. The van der Waals surface area contributed by atoms with Gasteiger partial charge in [0.05, 0.1) is 17.7 Å². The van der Waals surface area contributed by atoms with E-state index in [2.05, 4.69) is 27.3 Å². The molecular formula is C12H14BrClN2O. The summed E-state index contributed by atoms with van der Waals surface area (Å²) in [5.74, 6) is 0. The van der Waals surface area contributed by atoms with E-state index in [1.807, 2.05) is 19.1 Å². The van der Waals surface area contributed by atoms with Gasteiger partial charge in [0.25, 0.3) is 0 Å². The second-order valence-electron chi connectivity index (χ2n) is 3.73. The van der Waals surface area contributed by atoms with Crippen molar-refractivity contribution in [2.75, 3.05) is 19.0 Å². The molecule has 3 nitrogen and oxygen atoms in total. The van der Waals surface area contributed by atoms with Gasteiger partial charge >= 0.3 is 0 Å². The molecule has 0 bridgehead atoms. The fraction of sp³-hybridized carbons (Fsp3) is 0.417. The molecule has 0 spiro atoms. The molecule has 1 rings (SSSR count). The number of anilines is 1. The summed E-state index contributed by atoms with van der Waals surface area (Å²) in [6.45, 7) is 2.28. The van der Waals surface area contributed by atoms with Crippen LogP contribution in [0, 0.1) is 11.3 Å². The summed E-state index contributed by atoms with van der Waals surface area (Å²) < 4.78 is 5.89. The summed E-state index contributed by atoms with van der Waals surface area (Å²) in [5, 5.41) is 13.1. The Morgan fingerprint density at radius 3 is 2.76 bits per heavy atom. The molecule has 0 saturated carbocycles. The van der Waals surface area contributed by atoms with Crippen LogP contribution < -0.4 is 5.32 Å². The minimum Gasteiger partial charge on any atom is -0.381 e. The number of benzene rings is 1. The van der Waals surface area contributed by atoms with Gasteiger partial charge in [0, 0.05) is 17.3 Å². The first-order valence-electron chi connectivity index (χ1n) is 5.20. The van der Waals surface area contributed by atoms with E-state index in [0.717, 1.165) is 10.2 Å². The predicted molar refractivity (Wildman–Crippen MR) is 73.3 cm³/mol. The molecule has 0 saturated heterocycles. The van der Waals surface area contributed by atoms with Gasteiger partial charge in [0.15, 0.2) is 0 Å². The van der Waals surface area contributed by atoms with Crippen LogP contribution in [0.5, 0.6) is 0 Å². The Kier molecular flexibility index (Phi) is 5.26. The average Bonchev–Trinajstić information content (AvgIpc) is 2.33. The maximum Gasteiger partial charge on any atom is 0.148 e. The smallest absolute Gasteiger partial charge is 0.148 e. The molecule has 92 valence electrons. The van der Waals surface area contributed by atoms with E-state index in [-0.39, 0.29) is 0 Å². The lowest BCUT2D eigenvalue weighted by Crippen LogP contribution is -2.40. The SMILES string of the molecule is CCC(C#N)(COC)Nc1ccc(Cl)c(Br)c1. The molecule has 1 aromatic carbocycles. The normalized spacial score (nSPS) is 13.8. The van der Waals surface area contributed by atoms with Crippen molar-refractivity contribution in [1.29, 1.82) is 5.26 Å². The first kappa shape index (κ1) is 14.3. The predicted octanol–water partition coefficient (Wildman–Crippen LogP) is 3.83. The van der Waals surface area contributed by atoms with Gasteiger partial charge in [-0.25, -0.2) is 0 Å². The number of ether oxygens (including phenoxy) is 1. The minimum atomic E-state index is -0.706. The van der Waals surface area contributed by atoms with E-state index >= 15 is 0 Å². The number of rotatable bonds is 5. The third-order valence-electron chi connectivity index (χ3n) is 2.51. The highest BCUT2D eigenvalue weighted by atomic mass is 79.9. The standard InChI is InChI=1S/C12H14BrClN2O/c1-3-12(7-15,8-17-2)16-9-4-5-11(14)10(13)6-9/h4-6,16H,3,8H2,1-2H3. The van der Waals surface area contributed by atoms with Crippen molar-refractivity contribution < 1.29 is 4.74 Å². The van der Waals surface area contributed by atoms with Crippen molar-refractivity contribution in [2.24, 2.45) is 0 Å². The zero-order chi connectivity index (χ0) is 12.9. The van der Waals surface area contributed by atoms with Gasteiger partial charge in [0.1, 0.15) is 5.54 Å². The molecule has 17 heavy (non-hydrogen) atoms. The van der Waals surface area contributed by atoms with Crippen LogP contribution in [0.25, 0.3) is 0 Å². The van der Waals surface area contributed by atoms with E-state index in [4.69, 9.17) is 16.3 Å². The monoisotopic (exact) mass is 316 g/mol. The molecule has 0 aliphatic heterocycles. The van der Waals surface area contributed by atoms with Crippen molar-refractivity contribution in [3.05, 3.63) is 27.7 Å². The van der Waals surface area contributed by atoms with Crippen molar-refractivity contribution in [3.8, 4) is 6.07 Å². The fourth-order valence-electron chi connectivity index (χ4n) is 1.46. The molecule has 1 atom stereocenters. The van der Waals surface area contributed by atoms with Crippen LogP contribution in [0.15, 0.2) is 22.7 Å². The quantitative estimate of drug-likeness (QED) is 0.897. The molecule has 0 aliphatic carbocycles. The molecule has 0 heterocycles. The van der Waals surface area contributed by atoms with Gasteiger partial charge < -0.3 is 10.1 Å². The minimum absolute atomic E-state index is 0.334. The first-order chi connectivity index (χ1) is 8.06. The highest BCUT2D eigenvalue weighted by Crippen LogP contribution is 2.27. The van der Waals surface area contributed by atoms with Gasteiger partial charge in [-0.2, -0.15) is 5.26 Å². The Hall–Kier alpha value is -0.760. The topological polar surface area (TPSA) is 45.0 Å². The average molecular weight is 318 g/mol. The van der Waals surface area contributed by atoms with E-state index < -0.39 is 5.54 Å². The van der Waals surface area contributed by atoms with Crippen LogP contribution in [-0.4, -0.2) is 19.3 Å². The van der Waals surface area contributed by atoms with Crippen molar-refractivity contribution in [3.63, 3.8) is 0 Å². The lowest BCUT2D eigenvalue weighted by molar-refractivity contribution is 0.162. The molecule has 0 fully saturated rings. The van der Waals surface area contributed by atoms with Crippen LogP contribution >= 0.6 is 27.5 Å². The molecule has 0 amide bonds. The Balaban J connectivity index is 2.94. The summed E-state index contributed by atoms with van der Waals surface area (Å²) >= 11 is 9.27. The summed E-state index contributed by atoms with van der Waals surface area (Å²) in [6.07, 6.45) is 0.650. The van der Waals surface area contributed by atoms with Gasteiger partial charge in [0.2, 0.25) is 0 Å². The van der Waals surface area contributed by atoms with Crippen molar-refractivity contribution in [2.45, 2.75) is 18.9 Å². The lowest BCUT2D eigenvalue weighted by atomic mass is 9.99. The van der Waals surface area contributed by atoms with Crippen LogP contribution in [0.2, 0.25) is 5.02 Å². The number of nitriles is 1. The number of nitrogens with one attached hydrogen (secondary N) is 1. The van der Waals surface area contributed by atoms with Gasteiger partial charge in [-0.3, -0.25) is 0 Å². The van der Waals surface area contributed by atoms with Crippen molar-refractivity contribution >= 4 is 33.2 Å². The zero-order valence-corrected chi connectivity index (χ0v) is 12.1. The first-order valence-corrected chi connectivity index (χ1v) is 6.37. The van der Waals surface area contributed by atoms with Gasteiger partial charge in [-0.05, 0) is 40.5 Å². The van der Waals surface area contributed by atoms with E-state index in [1.54, 1.807) is 13.2 Å².